The quantitative estimate of drug-likeness (QED) is 0.586. The van der Waals surface area contributed by atoms with Crippen molar-refractivity contribution in [3.8, 4) is 16.9 Å². The summed E-state index contributed by atoms with van der Waals surface area (Å²) in [6.07, 6.45) is 7.91. The van der Waals surface area contributed by atoms with E-state index in [0.717, 1.165) is 67.0 Å². The van der Waals surface area contributed by atoms with E-state index in [1.807, 2.05) is 25.3 Å². The number of ether oxygens (including phenoxy) is 3. The summed E-state index contributed by atoms with van der Waals surface area (Å²) < 4.78 is 41.8. The molecule has 186 valence electrons. The van der Waals surface area contributed by atoms with Crippen LogP contribution in [0.3, 0.4) is 0 Å². The van der Waals surface area contributed by atoms with Crippen molar-refractivity contribution in [2.24, 2.45) is 5.92 Å². The summed E-state index contributed by atoms with van der Waals surface area (Å²) in [6.45, 7) is 4.36. The number of nitrogens with zero attached hydrogens (tertiary/aromatic N) is 3. The van der Waals surface area contributed by atoms with Crippen molar-refractivity contribution < 1.29 is 27.4 Å². The third-order valence-corrected chi connectivity index (χ3v) is 7.48. The van der Waals surface area contributed by atoms with E-state index in [-0.39, 0.29) is 24.4 Å². The van der Waals surface area contributed by atoms with Crippen LogP contribution in [0, 0.1) is 5.92 Å². The first-order valence-electron chi connectivity index (χ1n) is 11.7. The highest BCUT2D eigenvalue weighted by Gasteiger charge is 2.32. The molecule has 34 heavy (non-hydrogen) atoms. The number of carbonyl (C=O) groups is 1. The van der Waals surface area contributed by atoms with Gasteiger partial charge in [-0.15, -0.1) is 0 Å². The van der Waals surface area contributed by atoms with Gasteiger partial charge in [0.05, 0.1) is 37.9 Å². The second-order valence-corrected chi connectivity index (χ2v) is 11.4. The van der Waals surface area contributed by atoms with Crippen LogP contribution < -0.4 is 9.64 Å². The van der Waals surface area contributed by atoms with Crippen molar-refractivity contribution in [2.45, 2.75) is 45.2 Å². The Labute approximate surface area is 200 Å². The van der Waals surface area contributed by atoms with Gasteiger partial charge in [-0.2, -0.15) is 5.10 Å². The number of aryl methyl sites for hydroxylation is 1. The van der Waals surface area contributed by atoms with Crippen LogP contribution in [0.2, 0.25) is 0 Å². The Morgan fingerprint density at radius 3 is 2.71 bits per heavy atom. The Morgan fingerprint density at radius 1 is 1.24 bits per heavy atom. The first-order chi connectivity index (χ1) is 16.3. The highest BCUT2D eigenvalue weighted by atomic mass is 32.2. The molecule has 2 aliphatic rings. The average Bonchev–Trinajstić information content (AvgIpc) is 3.29. The van der Waals surface area contributed by atoms with Crippen molar-refractivity contribution in [1.29, 1.82) is 0 Å². The molecule has 1 unspecified atom stereocenters. The van der Waals surface area contributed by atoms with Gasteiger partial charge in [0.15, 0.2) is 0 Å². The summed E-state index contributed by atoms with van der Waals surface area (Å²) >= 11 is 0. The minimum atomic E-state index is -3.09. The van der Waals surface area contributed by atoms with Gasteiger partial charge in [-0.1, -0.05) is 0 Å². The number of hydrogen-bond acceptors (Lipinski definition) is 7. The molecule has 0 spiro atoms. The molecule has 1 aromatic carbocycles. The van der Waals surface area contributed by atoms with Gasteiger partial charge in [-0.3, -0.25) is 9.58 Å². The number of benzene rings is 1. The highest BCUT2D eigenvalue weighted by Crippen LogP contribution is 2.43. The molecule has 1 fully saturated rings. The van der Waals surface area contributed by atoms with Gasteiger partial charge >= 0.3 is 6.09 Å². The Bertz CT molecular complexity index is 1120. The molecular formula is C24H33N3O6S. The molecule has 1 saturated heterocycles. The van der Waals surface area contributed by atoms with Gasteiger partial charge in [0, 0.05) is 48.4 Å². The number of methoxy groups -OCH3 is 1. The second-order valence-electron chi connectivity index (χ2n) is 9.16. The van der Waals surface area contributed by atoms with Gasteiger partial charge in [0.25, 0.3) is 0 Å². The molecule has 10 heteroatoms. The summed E-state index contributed by atoms with van der Waals surface area (Å²) in [5, 5.41) is 4.36. The number of carbonyl (C=O) groups excluding carboxylic acids is 1. The standard InChI is InChI=1S/C24H33N3O6S/c1-17-4-5-21-22(27(17)24(28)31-2)7-6-20(23(21)33-16-18-8-11-32-12-9-18)19-14-25-26(15-19)10-13-34(3,29)30/h6-7,14-15,17-18H,4-5,8-13,16H2,1-3H3. The lowest BCUT2D eigenvalue weighted by Gasteiger charge is -2.35. The van der Waals surface area contributed by atoms with E-state index in [2.05, 4.69) is 5.10 Å². The highest BCUT2D eigenvalue weighted by molar-refractivity contribution is 7.90. The van der Waals surface area contributed by atoms with Crippen molar-refractivity contribution in [3.63, 3.8) is 0 Å². The largest absolute Gasteiger partial charge is 0.492 e. The van der Waals surface area contributed by atoms with Crippen LogP contribution in [0.1, 0.15) is 31.7 Å². The molecule has 2 aromatic rings. The van der Waals surface area contributed by atoms with Crippen LogP contribution in [0.15, 0.2) is 24.5 Å². The minimum Gasteiger partial charge on any atom is -0.492 e. The molecule has 0 radical (unpaired) electrons. The predicted molar refractivity (Wildman–Crippen MR) is 129 cm³/mol. The zero-order valence-corrected chi connectivity index (χ0v) is 20.8. The van der Waals surface area contributed by atoms with Crippen molar-refractivity contribution in [1.82, 2.24) is 9.78 Å². The molecule has 0 bridgehead atoms. The third-order valence-electron chi connectivity index (χ3n) is 6.56. The van der Waals surface area contributed by atoms with Crippen LogP contribution in [-0.4, -0.2) is 69.3 Å². The molecule has 1 aromatic heterocycles. The SMILES string of the molecule is COC(=O)N1c2ccc(-c3cnn(CCS(C)(=O)=O)c3)c(OCC3CCOCC3)c2CCC1C. The van der Waals surface area contributed by atoms with E-state index < -0.39 is 9.84 Å². The maximum absolute atomic E-state index is 12.6. The number of amides is 1. The fraction of sp³-hybridized carbons (Fsp3) is 0.583. The molecule has 1 atom stereocenters. The Kier molecular flexibility index (Phi) is 7.47. The summed E-state index contributed by atoms with van der Waals surface area (Å²) in [7, 11) is -1.69. The number of aromatic nitrogens is 2. The molecule has 0 aliphatic carbocycles. The van der Waals surface area contributed by atoms with E-state index in [0.29, 0.717) is 12.5 Å². The molecule has 0 saturated carbocycles. The second kappa shape index (κ2) is 10.4. The molecule has 0 N–H and O–H groups in total. The van der Waals surface area contributed by atoms with Gasteiger partial charge in [-0.25, -0.2) is 13.2 Å². The van der Waals surface area contributed by atoms with Gasteiger partial charge in [0.1, 0.15) is 15.6 Å². The molecule has 4 rings (SSSR count). The summed E-state index contributed by atoms with van der Waals surface area (Å²) in [5.74, 6) is 1.19. The van der Waals surface area contributed by atoms with E-state index in [9.17, 15) is 13.2 Å². The normalized spacial score (nSPS) is 19.0. The smallest absolute Gasteiger partial charge is 0.414 e. The third kappa shape index (κ3) is 5.55. The van der Waals surface area contributed by atoms with E-state index in [1.54, 1.807) is 15.8 Å². The molecular weight excluding hydrogens is 458 g/mol. The minimum absolute atomic E-state index is 0.0212. The van der Waals surface area contributed by atoms with Crippen molar-refractivity contribution >= 4 is 21.6 Å². The predicted octanol–water partition coefficient (Wildman–Crippen LogP) is 3.31. The molecule has 1 amide bonds. The van der Waals surface area contributed by atoms with Gasteiger partial charge in [0.2, 0.25) is 0 Å². The number of rotatable bonds is 7. The van der Waals surface area contributed by atoms with Crippen LogP contribution in [-0.2, 0) is 32.3 Å². The van der Waals surface area contributed by atoms with Crippen LogP contribution in [0.5, 0.6) is 5.75 Å². The first kappa shape index (κ1) is 24.5. The Morgan fingerprint density at radius 2 is 2.00 bits per heavy atom. The zero-order valence-electron chi connectivity index (χ0n) is 20.0. The number of sulfone groups is 1. The lowest BCUT2D eigenvalue weighted by Crippen LogP contribution is -2.42. The maximum Gasteiger partial charge on any atom is 0.414 e. The van der Waals surface area contributed by atoms with Gasteiger partial charge in [-0.05, 0) is 50.7 Å². The molecule has 2 aliphatic heterocycles. The number of fused-ring (bicyclic) bond motifs is 1. The zero-order chi connectivity index (χ0) is 24.3. The lowest BCUT2D eigenvalue weighted by atomic mass is 9.92. The van der Waals surface area contributed by atoms with E-state index in [1.165, 1.54) is 13.4 Å². The van der Waals surface area contributed by atoms with Crippen molar-refractivity contribution in [3.05, 3.63) is 30.1 Å². The Balaban J connectivity index is 1.69. The summed E-state index contributed by atoms with van der Waals surface area (Å²) in [4.78, 5) is 14.2. The fourth-order valence-electron chi connectivity index (χ4n) is 4.57. The van der Waals surface area contributed by atoms with Crippen molar-refractivity contribution in [2.75, 3.05) is 43.8 Å². The topological polar surface area (TPSA) is 100.0 Å². The summed E-state index contributed by atoms with van der Waals surface area (Å²) in [6, 6.07) is 3.91. The maximum atomic E-state index is 12.6. The van der Waals surface area contributed by atoms with E-state index in [4.69, 9.17) is 14.2 Å². The van der Waals surface area contributed by atoms with Crippen LogP contribution in [0.25, 0.3) is 11.1 Å². The average molecular weight is 492 g/mol. The lowest BCUT2D eigenvalue weighted by molar-refractivity contribution is 0.0497. The summed E-state index contributed by atoms with van der Waals surface area (Å²) in [5.41, 5.74) is 3.52. The first-order valence-corrected chi connectivity index (χ1v) is 13.8. The fourth-order valence-corrected chi connectivity index (χ4v) is 5.09. The molecule has 3 heterocycles. The number of hydrogen-bond donors (Lipinski definition) is 0. The van der Waals surface area contributed by atoms with Crippen LogP contribution in [0.4, 0.5) is 10.5 Å². The number of anilines is 1. The monoisotopic (exact) mass is 491 g/mol. The van der Waals surface area contributed by atoms with Crippen LogP contribution >= 0.6 is 0 Å². The Hall–Kier alpha value is -2.59. The molecule has 9 nitrogen and oxygen atoms in total. The van der Waals surface area contributed by atoms with Gasteiger partial charge < -0.3 is 14.2 Å². The van der Waals surface area contributed by atoms with E-state index >= 15 is 0 Å².